The topological polar surface area (TPSA) is 82.8 Å². The lowest BCUT2D eigenvalue weighted by Gasteiger charge is -2.09. The molecule has 1 unspecified atom stereocenters. The molecule has 0 bridgehead atoms. The maximum absolute atomic E-state index is 12.7. The van der Waals surface area contributed by atoms with Gasteiger partial charge in [-0.15, -0.1) is 0 Å². The van der Waals surface area contributed by atoms with Crippen molar-refractivity contribution in [3.63, 3.8) is 0 Å². The van der Waals surface area contributed by atoms with Gasteiger partial charge in [0.2, 0.25) is 16.0 Å². The summed E-state index contributed by atoms with van der Waals surface area (Å²) in [7, 11) is -3.83. The molecule has 0 aliphatic heterocycles. The van der Waals surface area contributed by atoms with E-state index in [-0.39, 0.29) is 12.2 Å². The molecule has 7 heteroatoms. The van der Waals surface area contributed by atoms with E-state index in [1.807, 2.05) is 0 Å². The molecule has 1 aromatic rings. The molecule has 16 heavy (non-hydrogen) atoms. The molecule has 1 rings (SSSR count). The summed E-state index contributed by atoms with van der Waals surface area (Å²) in [5.74, 6) is -0.918. The van der Waals surface area contributed by atoms with Crippen molar-refractivity contribution in [2.45, 2.75) is 18.6 Å². The van der Waals surface area contributed by atoms with Crippen LogP contribution in [-0.4, -0.2) is 18.7 Å². The van der Waals surface area contributed by atoms with E-state index in [0.29, 0.717) is 0 Å². The van der Waals surface area contributed by atoms with Gasteiger partial charge in [-0.25, -0.2) is 13.4 Å². The Morgan fingerprint density at radius 1 is 1.62 bits per heavy atom. The fraction of sp³-hybridized carbons (Fsp3) is 0.333. The largest absolute Gasteiger partial charge is 0.266 e. The predicted octanol–water partition coefficient (Wildman–Crippen LogP) is 1.26. The van der Waals surface area contributed by atoms with E-state index in [9.17, 15) is 12.8 Å². The molecule has 0 saturated carbocycles. The smallest absolute Gasteiger partial charge is 0.250 e. The van der Waals surface area contributed by atoms with Crippen LogP contribution in [0.5, 0.6) is 0 Å². The number of hydrogen-bond acceptors (Lipinski definition) is 4. The Morgan fingerprint density at radius 2 is 2.31 bits per heavy atom. The standard InChI is InChI=1S/C9H10FN3O2S/c1-2-7(6-11)16(14,15)13-9-5-3-4-8(10)12-9/h3-5,7H,2H2,1H3,(H,12,13). The van der Waals surface area contributed by atoms with Gasteiger partial charge in [0.1, 0.15) is 5.82 Å². The highest BCUT2D eigenvalue weighted by atomic mass is 32.2. The highest BCUT2D eigenvalue weighted by Crippen LogP contribution is 2.11. The van der Waals surface area contributed by atoms with Crippen molar-refractivity contribution in [3.8, 4) is 6.07 Å². The SMILES string of the molecule is CCC(C#N)S(=O)(=O)Nc1cccc(F)n1. The van der Waals surface area contributed by atoms with Crippen LogP contribution in [0.15, 0.2) is 18.2 Å². The van der Waals surface area contributed by atoms with Crippen molar-refractivity contribution in [1.29, 1.82) is 5.26 Å². The van der Waals surface area contributed by atoms with Gasteiger partial charge in [0.25, 0.3) is 0 Å². The maximum Gasteiger partial charge on any atom is 0.250 e. The summed E-state index contributed by atoms with van der Waals surface area (Å²) in [4.78, 5) is 3.34. The summed E-state index contributed by atoms with van der Waals surface area (Å²) in [6.45, 7) is 1.58. The van der Waals surface area contributed by atoms with E-state index in [0.717, 1.165) is 6.07 Å². The first-order valence-electron chi connectivity index (χ1n) is 4.53. The molecule has 1 N–H and O–H groups in total. The minimum atomic E-state index is -3.83. The summed E-state index contributed by atoms with van der Waals surface area (Å²) in [6.07, 6.45) is 0.154. The maximum atomic E-state index is 12.7. The van der Waals surface area contributed by atoms with E-state index >= 15 is 0 Å². The third-order valence-corrected chi connectivity index (χ3v) is 3.53. The van der Waals surface area contributed by atoms with Gasteiger partial charge in [-0.2, -0.15) is 9.65 Å². The normalized spacial score (nSPS) is 12.8. The molecule has 0 aromatic carbocycles. The van der Waals surface area contributed by atoms with Crippen LogP contribution in [0.2, 0.25) is 0 Å². The molecule has 0 amide bonds. The highest BCUT2D eigenvalue weighted by molar-refractivity contribution is 7.93. The quantitative estimate of drug-likeness (QED) is 0.807. The van der Waals surface area contributed by atoms with Crippen molar-refractivity contribution in [2.24, 2.45) is 0 Å². The fourth-order valence-electron chi connectivity index (χ4n) is 1.06. The zero-order valence-corrected chi connectivity index (χ0v) is 9.33. The average Bonchev–Trinajstić information content (AvgIpc) is 2.18. The predicted molar refractivity (Wildman–Crippen MR) is 56.4 cm³/mol. The van der Waals surface area contributed by atoms with E-state index < -0.39 is 21.2 Å². The van der Waals surface area contributed by atoms with Gasteiger partial charge in [0.05, 0.1) is 6.07 Å². The summed E-state index contributed by atoms with van der Waals surface area (Å²) in [5.41, 5.74) is 0. The monoisotopic (exact) mass is 243 g/mol. The van der Waals surface area contributed by atoms with Crippen molar-refractivity contribution in [1.82, 2.24) is 4.98 Å². The molecule has 1 heterocycles. The highest BCUT2D eigenvalue weighted by Gasteiger charge is 2.23. The Kier molecular flexibility index (Phi) is 3.79. The Hall–Kier alpha value is -1.68. The molecular formula is C9H10FN3O2S. The first-order chi connectivity index (χ1) is 7.49. The molecule has 0 aliphatic carbocycles. The van der Waals surface area contributed by atoms with Crippen LogP contribution in [0.1, 0.15) is 13.3 Å². The van der Waals surface area contributed by atoms with E-state index in [2.05, 4.69) is 9.71 Å². The molecule has 0 aliphatic rings. The Labute approximate surface area is 93.0 Å². The number of nitrogens with one attached hydrogen (secondary N) is 1. The molecule has 1 atom stereocenters. The summed E-state index contributed by atoms with van der Waals surface area (Å²) < 4.78 is 37.9. The van der Waals surface area contributed by atoms with Gasteiger partial charge in [-0.3, -0.25) is 4.72 Å². The van der Waals surface area contributed by atoms with Crippen LogP contribution < -0.4 is 4.72 Å². The number of sulfonamides is 1. The van der Waals surface area contributed by atoms with Crippen LogP contribution in [0.25, 0.3) is 0 Å². The summed E-state index contributed by atoms with van der Waals surface area (Å²) >= 11 is 0. The fourth-order valence-corrected chi connectivity index (χ4v) is 2.19. The lowest BCUT2D eigenvalue weighted by molar-refractivity contribution is 0.583. The third kappa shape index (κ3) is 2.90. The second-order valence-corrected chi connectivity index (χ2v) is 4.88. The number of aromatic nitrogens is 1. The van der Waals surface area contributed by atoms with Gasteiger partial charge in [-0.05, 0) is 18.6 Å². The minimum absolute atomic E-state index is 0.131. The summed E-state index contributed by atoms with van der Waals surface area (Å²) in [6, 6.07) is 5.39. The summed E-state index contributed by atoms with van der Waals surface area (Å²) in [5, 5.41) is 7.46. The van der Waals surface area contributed by atoms with Crippen molar-refractivity contribution >= 4 is 15.8 Å². The van der Waals surface area contributed by atoms with Crippen LogP contribution in [0.4, 0.5) is 10.2 Å². The molecule has 0 spiro atoms. The average molecular weight is 243 g/mol. The Balaban J connectivity index is 2.94. The van der Waals surface area contributed by atoms with E-state index in [4.69, 9.17) is 5.26 Å². The third-order valence-electron chi connectivity index (χ3n) is 1.85. The number of nitriles is 1. The van der Waals surface area contributed by atoms with E-state index in [1.54, 1.807) is 13.0 Å². The van der Waals surface area contributed by atoms with Crippen molar-refractivity contribution in [2.75, 3.05) is 4.72 Å². The number of pyridine rings is 1. The number of rotatable bonds is 4. The minimum Gasteiger partial charge on any atom is -0.266 e. The Morgan fingerprint density at radius 3 is 2.81 bits per heavy atom. The van der Waals surface area contributed by atoms with Gasteiger partial charge < -0.3 is 0 Å². The first kappa shape index (κ1) is 12.4. The van der Waals surface area contributed by atoms with Crippen LogP contribution in [0, 0.1) is 17.3 Å². The van der Waals surface area contributed by atoms with Gasteiger partial charge >= 0.3 is 0 Å². The zero-order valence-electron chi connectivity index (χ0n) is 8.51. The number of anilines is 1. The zero-order chi connectivity index (χ0) is 12.2. The number of nitrogens with zero attached hydrogens (tertiary/aromatic N) is 2. The molecule has 1 aromatic heterocycles. The van der Waals surface area contributed by atoms with Gasteiger partial charge in [0, 0.05) is 0 Å². The molecule has 0 saturated heterocycles. The lowest BCUT2D eigenvalue weighted by Crippen LogP contribution is -2.26. The first-order valence-corrected chi connectivity index (χ1v) is 6.08. The van der Waals surface area contributed by atoms with Gasteiger partial charge in [0.15, 0.2) is 5.25 Å². The Bertz CT molecular complexity index is 510. The van der Waals surface area contributed by atoms with Crippen LogP contribution >= 0.6 is 0 Å². The lowest BCUT2D eigenvalue weighted by atomic mass is 10.4. The molecule has 0 radical (unpaired) electrons. The van der Waals surface area contributed by atoms with Crippen molar-refractivity contribution in [3.05, 3.63) is 24.1 Å². The van der Waals surface area contributed by atoms with Crippen LogP contribution in [0.3, 0.4) is 0 Å². The van der Waals surface area contributed by atoms with E-state index in [1.165, 1.54) is 12.1 Å². The molecular weight excluding hydrogens is 233 g/mol. The van der Waals surface area contributed by atoms with Crippen LogP contribution in [-0.2, 0) is 10.0 Å². The second-order valence-electron chi connectivity index (χ2n) is 3.02. The second kappa shape index (κ2) is 4.90. The molecule has 86 valence electrons. The van der Waals surface area contributed by atoms with Crippen molar-refractivity contribution < 1.29 is 12.8 Å². The number of hydrogen-bond donors (Lipinski definition) is 1. The number of halogens is 1. The molecule has 5 nitrogen and oxygen atoms in total. The van der Waals surface area contributed by atoms with Gasteiger partial charge in [-0.1, -0.05) is 13.0 Å². The molecule has 0 fully saturated rings.